The number of phenolic OH excluding ortho intramolecular Hbond substituents is 1. The molecule has 0 radical (unpaired) electrons. The van der Waals surface area contributed by atoms with Crippen LogP contribution in [-0.4, -0.2) is 32.4 Å². The molecule has 92 valence electrons. The zero-order chi connectivity index (χ0) is 12.6. The molecule has 0 saturated heterocycles. The van der Waals surface area contributed by atoms with Crippen molar-refractivity contribution in [2.45, 2.75) is 20.8 Å². The number of benzene rings is 1. The normalized spacial score (nSPS) is 9.31. The van der Waals surface area contributed by atoms with Gasteiger partial charge in [-0.15, -0.1) is 0 Å². The van der Waals surface area contributed by atoms with E-state index in [0.29, 0.717) is 5.75 Å². The van der Waals surface area contributed by atoms with Crippen molar-refractivity contribution in [2.24, 2.45) is 0 Å². The molecule has 1 rings (SSSR count). The highest BCUT2D eigenvalue weighted by molar-refractivity contribution is 5.58. The van der Waals surface area contributed by atoms with Gasteiger partial charge >= 0.3 is 0 Å². The van der Waals surface area contributed by atoms with Gasteiger partial charge in [0.15, 0.2) is 0 Å². The van der Waals surface area contributed by atoms with Crippen LogP contribution in [0.15, 0.2) is 18.2 Å². The van der Waals surface area contributed by atoms with Crippen molar-refractivity contribution < 1.29 is 9.84 Å². The lowest BCUT2D eigenvalue weighted by atomic mass is 10.2. The van der Waals surface area contributed by atoms with Crippen molar-refractivity contribution in [3.63, 3.8) is 0 Å². The van der Waals surface area contributed by atoms with Gasteiger partial charge < -0.3 is 14.7 Å². The second-order valence-corrected chi connectivity index (χ2v) is 3.67. The number of nitrogens with zero attached hydrogens (tertiary/aromatic N) is 1. The Labute approximate surface area is 98.7 Å². The molecule has 0 aliphatic heterocycles. The fourth-order valence-electron chi connectivity index (χ4n) is 1.20. The predicted octanol–water partition coefficient (Wildman–Crippen LogP) is 2.81. The summed E-state index contributed by atoms with van der Waals surface area (Å²) in [6.45, 7) is 7.67. The number of hydrogen-bond donors (Lipinski definition) is 1. The topological polar surface area (TPSA) is 32.7 Å². The molecule has 0 aliphatic carbocycles. The molecular weight excluding hydrogens is 202 g/mol. The molecule has 16 heavy (non-hydrogen) atoms. The van der Waals surface area contributed by atoms with Crippen LogP contribution in [0.25, 0.3) is 0 Å². The predicted molar refractivity (Wildman–Crippen MR) is 69.3 cm³/mol. The molecule has 1 aromatic rings. The van der Waals surface area contributed by atoms with E-state index in [1.165, 1.54) is 0 Å². The fraction of sp³-hybridized carbons (Fsp3) is 0.538. The van der Waals surface area contributed by atoms with Gasteiger partial charge in [0.1, 0.15) is 5.75 Å². The summed E-state index contributed by atoms with van der Waals surface area (Å²) in [6, 6.07) is 5.56. The number of hydrogen-bond acceptors (Lipinski definition) is 3. The average molecular weight is 225 g/mol. The van der Waals surface area contributed by atoms with E-state index in [4.69, 9.17) is 4.74 Å². The molecule has 0 aromatic heterocycles. The quantitative estimate of drug-likeness (QED) is 0.858. The number of aryl methyl sites for hydroxylation is 1. The molecule has 0 heterocycles. The summed E-state index contributed by atoms with van der Waals surface area (Å²) in [6.07, 6.45) is 0. The maximum Gasteiger partial charge on any atom is 0.138 e. The van der Waals surface area contributed by atoms with E-state index in [2.05, 4.69) is 0 Å². The van der Waals surface area contributed by atoms with Crippen LogP contribution in [0.4, 0.5) is 5.69 Å². The zero-order valence-electron chi connectivity index (χ0n) is 10.9. The summed E-state index contributed by atoms with van der Waals surface area (Å²) in [5.41, 5.74) is 2.02. The SMILES string of the molecule is CCOCC.Cc1ccc(O)c(N(C)C)c1. The summed E-state index contributed by atoms with van der Waals surface area (Å²) in [5.74, 6) is 0.334. The Morgan fingerprint density at radius 2 is 1.75 bits per heavy atom. The van der Waals surface area contributed by atoms with Crippen molar-refractivity contribution in [1.82, 2.24) is 0 Å². The molecule has 0 saturated carbocycles. The molecule has 3 heteroatoms. The second kappa shape index (κ2) is 7.99. The van der Waals surface area contributed by atoms with E-state index in [1.807, 2.05) is 51.9 Å². The minimum atomic E-state index is 0.334. The van der Waals surface area contributed by atoms with Crippen LogP contribution < -0.4 is 4.90 Å². The third-order valence-electron chi connectivity index (χ3n) is 2.02. The second-order valence-electron chi connectivity index (χ2n) is 3.67. The Balaban J connectivity index is 0.000000385. The van der Waals surface area contributed by atoms with Crippen molar-refractivity contribution in [3.05, 3.63) is 23.8 Å². The molecule has 0 aliphatic rings. The first-order chi connectivity index (χ1) is 7.52. The Bertz CT molecular complexity index is 296. The van der Waals surface area contributed by atoms with Gasteiger partial charge in [-0.1, -0.05) is 6.07 Å². The van der Waals surface area contributed by atoms with Crippen molar-refractivity contribution in [3.8, 4) is 5.75 Å². The standard InChI is InChI=1S/C9H13NO.C4H10O/c1-7-4-5-9(11)8(6-7)10(2)3;1-3-5-4-2/h4-6,11H,1-3H3;3-4H2,1-2H3. The summed E-state index contributed by atoms with van der Waals surface area (Å²) in [4.78, 5) is 1.89. The highest BCUT2D eigenvalue weighted by Crippen LogP contribution is 2.25. The Kier molecular flexibility index (Phi) is 7.38. The highest BCUT2D eigenvalue weighted by atomic mass is 16.5. The van der Waals surface area contributed by atoms with Gasteiger partial charge in [0.05, 0.1) is 5.69 Å². The molecule has 0 bridgehead atoms. The molecule has 3 nitrogen and oxygen atoms in total. The van der Waals surface area contributed by atoms with E-state index >= 15 is 0 Å². The summed E-state index contributed by atoms with van der Waals surface area (Å²) in [5, 5.41) is 9.36. The van der Waals surface area contributed by atoms with Gasteiger partial charge in [-0.25, -0.2) is 0 Å². The molecule has 0 amide bonds. The monoisotopic (exact) mass is 225 g/mol. The lowest BCUT2D eigenvalue weighted by Crippen LogP contribution is -2.08. The fourth-order valence-corrected chi connectivity index (χ4v) is 1.20. The van der Waals surface area contributed by atoms with Crippen LogP contribution in [0.5, 0.6) is 5.75 Å². The number of phenols is 1. The minimum Gasteiger partial charge on any atom is -0.506 e. The molecular formula is C13H23NO2. The van der Waals surface area contributed by atoms with Crippen LogP contribution in [0.1, 0.15) is 19.4 Å². The van der Waals surface area contributed by atoms with E-state index in [-0.39, 0.29) is 0 Å². The third kappa shape index (κ3) is 5.61. The molecule has 1 aromatic carbocycles. The van der Waals surface area contributed by atoms with Crippen LogP contribution in [0.3, 0.4) is 0 Å². The van der Waals surface area contributed by atoms with Gasteiger partial charge in [0.2, 0.25) is 0 Å². The van der Waals surface area contributed by atoms with E-state index < -0.39 is 0 Å². The first-order valence-corrected chi connectivity index (χ1v) is 5.57. The molecule has 0 fully saturated rings. The number of anilines is 1. The summed E-state index contributed by atoms with van der Waals surface area (Å²) < 4.78 is 4.83. The largest absolute Gasteiger partial charge is 0.506 e. The molecule has 1 N–H and O–H groups in total. The van der Waals surface area contributed by atoms with Gasteiger partial charge in [-0.3, -0.25) is 0 Å². The van der Waals surface area contributed by atoms with E-state index in [1.54, 1.807) is 6.07 Å². The van der Waals surface area contributed by atoms with Crippen molar-refractivity contribution in [1.29, 1.82) is 0 Å². The Morgan fingerprint density at radius 1 is 1.19 bits per heavy atom. The minimum absolute atomic E-state index is 0.334. The van der Waals surface area contributed by atoms with E-state index in [9.17, 15) is 5.11 Å². The van der Waals surface area contributed by atoms with Crippen LogP contribution in [0, 0.1) is 6.92 Å². The first kappa shape index (κ1) is 14.8. The number of ether oxygens (including phenoxy) is 1. The van der Waals surface area contributed by atoms with Crippen LogP contribution >= 0.6 is 0 Å². The van der Waals surface area contributed by atoms with Gasteiger partial charge in [-0.05, 0) is 38.5 Å². The lowest BCUT2D eigenvalue weighted by Gasteiger charge is -2.14. The molecule has 0 unspecified atom stereocenters. The van der Waals surface area contributed by atoms with Gasteiger partial charge in [0, 0.05) is 27.3 Å². The van der Waals surface area contributed by atoms with Crippen molar-refractivity contribution >= 4 is 5.69 Å². The maximum atomic E-state index is 9.36. The number of rotatable bonds is 3. The third-order valence-corrected chi connectivity index (χ3v) is 2.02. The molecule has 0 spiro atoms. The maximum absolute atomic E-state index is 9.36. The van der Waals surface area contributed by atoms with Crippen LogP contribution in [-0.2, 0) is 4.74 Å². The average Bonchev–Trinajstić information content (AvgIpc) is 2.23. The summed E-state index contributed by atoms with van der Waals surface area (Å²) >= 11 is 0. The van der Waals surface area contributed by atoms with Gasteiger partial charge in [-0.2, -0.15) is 0 Å². The van der Waals surface area contributed by atoms with Gasteiger partial charge in [0.25, 0.3) is 0 Å². The van der Waals surface area contributed by atoms with E-state index in [0.717, 1.165) is 24.5 Å². The summed E-state index contributed by atoms with van der Waals surface area (Å²) in [7, 11) is 3.82. The van der Waals surface area contributed by atoms with Crippen LogP contribution in [0.2, 0.25) is 0 Å². The first-order valence-electron chi connectivity index (χ1n) is 5.57. The lowest BCUT2D eigenvalue weighted by molar-refractivity contribution is 0.162. The highest BCUT2D eigenvalue weighted by Gasteiger charge is 2.01. The zero-order valence-corrected chi connectivity index (χ0v) is 10.9. The Hall–Kier alpha value is -1.22. The van der Waals surface area contributed by atoms with Crippen molar-refractivity contribution in [2.75, 3.05) is 32.2 Å². The Morgan fingerprint density at radius 3 is 2.06 bits per heavy atom. The number of aromatic hydroxyl groups is 1. The molecule has 0 atom stereocenters. The smallest absolute Gasteiger partial charge is 0.138 e.